The first-order chi connectivity index (χ1) is 10.5. The molecule has 0 unspecified atom stereocenters. The molecule has 0 aliphatic carbocycles. The summed E-state index contributed by atoms with van der Waals surface area (Å²) in [6.45, 7) is 7.65. The van der Waals surface area contributed by atoms with E-state index in [1.807, 2.05) is 32.9 Å². The van der Waals surface area contributed by atoms with Crippen LogP contribution in [0.1, 0.15) is 19.4 Å². The summed E-state index contributed by atoms with van der Waals surface area (Å²) in [5.41, 5.74) is 1.17. The van der Waals surface area contributed by atoms with Crippen LogP contribution in [0, 0.1) is 6.92 Å². The fraction of sp³-hybridized carbons (Fsp3) is 0.333. The highest BCUT2D eigenvalue weighted by Crippen LogP contribution is 2.14. The molecule has 0 saturated heterocycles. The van der Waals surface area contributed by atoms with E-state index in [0.717, 1.165) is 19.0 Å². The van der Waals surface area contributed by atoms with Gasteiger partial charge in [0.05, 0.1) is 7.11 Å². The van der Waals surface area contributed by atoms with E-state index in [9.17, 15) is 0 Å². The van der Waals surface area contributed by atoms with Gasteiger partial charge in [0.15, 0.2) is 0 Å². The number of aromatic hydroxyl groups is 2. The number of halogens is 1. The maximum Gasteiger partial charge on any atom is 0.119 e. The quantitative estimate of drug-likeness (QED) is 0.858. The Bertz CT molecular complexity index is 460. The van der Waals surface area contributed by atoms with Gasteiger partial charge in [-0.2, -0.15) is 0 Å². The number of phenols is 2. The maximum atomic E-state index is 8.80. The summed E-state index contributed by atoms with van der Waals surface area (Å²) >= 11 is 0. The van der Waals surface area contributed by atoms with Crippen LogP contribution in [-0.2, 0) is 4.74 Å². The summed E-state index contributed by atoms with van der Waals surface area (Å²) in [6, 6.07) is 13.7. The number of hydrogen-bond donors (Lipinski definition) is 2. The number of methoxy groups -OCH3 is 1. The Kier molecular flexibility index (Phi) is 15.2. The van der Waals surface area contributed by atoms with E-state index < -0.39 is 0 Å². The molecular formula is C18H27ClO4. The molecule has 0 heterocycles. The van der Waals surface area contributed by atoms with Crippen LogP contribution in [0.4, 0.5) is 0 Å². The zero-order valence-electron chi connectivity index (χ0n) is 14.2. The zero-order valence-corrected chi connectivity index (χ0v) is 15.0. The Hall–Kier alpha value is -1.91. The van der Waals surface area contributed by atoms with Gasteiger partial charge in [-0.1, -0.05) is 17.7 Å². The number of phenolic OH excluding ortho intramolecular Hbond substituents is 2. The number of rotatable bonds is 3. The molecule has 0 aliphatic rings. The molecule has 0 atom stereocenters. The van der Waals surface area contributed by atoms with E-state index in [2.05, 4.69) is 0 Å². The molecule has 4 nitrogen and oxygen atoms in total. The molecule has 2 rings (SSSR count). The maximum absolute atomic E-state index is 8.80. The Morgan fingerprint density at radius 1 is 0.783 bits per heavy atom. The van der Waals surface area contributed by atoms with Gasteiger partial charge in [-0.15, -0.1) is 12.4 Å². The predicted molar refractivity (Wildman–Crippen MR) is 96.9 cm³/mol. The largest absolute Gasteiger partial charge is 0.508 e. The van der Waals surface area contributed by atoms with Crippen LogP contribution in [-0.4, -0.2) is 30.5 Å². The Labute approximate surface area is 145 Å². The highest BCUT2D eigenvalue weighted by molar-refractivity contribution is 5.85. The van der Waals surface area contributed by atoms with Crippen LogP contribution in [0.2, 0.25) is 0 Å². The Morgan fingerprint density at radius 3 is 1.43 bits per heavy atom. The van der Waals surface area contributed by atoms with Gasteiger partial charge in [0.1, 0.15) is 17.2 Å². The van der Waals surface area contributed by atoms with E-state index >= 15 is 0 Å². The van der Waals surface area contributed by atoms with Crippen molar-refractivity contribution in [3.8, 4) is 17.2 Å². The lowest BCUT2D eigenvalue weighted by Gasteiger charge is -1.96. The lowest BCUT2D eigenvalue weighted by Crippen LogP contribution is -1.84. The topological polar surface area (TPSA) is 58.9 Å². The highest BCUT2D eigenvalue weighted by Gasteiger charge is 1.87. The molecule has 2 N–H and O–H groups in total. The number of ether oxygens (including phenoxy) is 2. The van der Waals surface area contributed by atoms with Gasteiger partial charge in [-0.3, -0.25) is 0 Å². The van der Waals surface area contributed by atoms with E-state index in [1.54, 1.807) is 43.5 Å². The molecule has 0 bridgehead atoms. The minimum absolute atomic E-state index is 0. The standard InChI is InChI=1S/C7H8O2.C7H8O.C4H10O.ClH/c1-9-7-4-2-6(8)3-5-7;1-6-2-4-7(8)5-3-6;1-3-5-4-2;/h2-5,8H,1H3;2-5,8H,1H3;3-4H2,1-2H3;1H. The van der Waals surface area contributed by atoms with Crippen molar-refractivity contribution in [1.29, 1.82) is 0 Å². The molecule has 23 heavy (non-hydrogen) atoms. The molecule has 0 amide bonds. The lowest BCUT2D eigenvalue weighted by molar-refractivity contribution is 0.162. The lowest BCUT2D eigenvalue weighted by atomic mass is 10.2. The molecule has 0 radical (unpaired) electrons. The second kappa shape index (κ2) is 15.0. The van der Waals surface area contributed by atoms with Crippen molar-refractivity contribution in [1.82, 2.24) is 0 Å². The normalized spacial score (nSPS) is 8.52. The van der Waals surface area contributed by atoms with Crippen LogP contribution in [0.15, 0.2) is 48.5 Å². The summed E-state index contributed by atoms with van der Waals surface area (Å²) < 4.78 is 9.69. The van der Waals surface area contributed by atoms with E-state index in [0.29, 0.717) is 5.75 Å². The molecule has 2 aromatic carbocycles. The molecule has 0 spiro atoms. The van der Waals surface area contributed by atoms with Crippen LogP contribution >= 0.6 is 12.4 Å². The Morgan fingerprint density at radius 2 is 1.17 bits per heavy atom. The van der Waals surface area contributed by atoms with Gasteiger partial charge in [-0.25, -0.2) is 0 Å². The second-order valence-electron chi connectivity index (χ2n) is 4.32. The summed E-state index contributed by atoms with van der Waals surface area (Å²) in [5, 5.41) is 17.6. The first-order valence-electron chi connectivity index (χ1n) is 7.19. The molecule has 0 fully saturated rings. The SMILES string of the molecule is CCOCC.COc1ccc(O)cc1.Cc1ccc(O)cc1.Cl. The van der Waals surface area contributed by atoms with Gasteiger partial charge >= 0.3 is 0 Å². The summed E-state index contributed by atoms with van der Waals surface area (Å²) in [6.07, 6.45) is 0. The minimum Gasteiger partial charge on any atom is -0.508 e. The van der Waals surface area contributed by atoms with Crippen molar-refractivity contribution in [2.75, 3.05) is 20.3 Å². The second-order valence-corrected chi connectivity index (χ2v) is 4.32. The molecule has 0 aromatic heterocycles. The average molecular weight is 343 g/mol. The number of benzene rings is 2. The highest BCUT2D eigenvalue weighted by atomic mass is 35.5. The van der Waals surface area contributed by atoms with Crippen molar-refractivity contribution < 1.29 is 19.7 Å². The summed E-state index contributed by atoms with van der Waals surface area (Å²) in [5.74, 6) is 1.35. The van der Waals surface area contributed by atoms with Gasteiger partial charge in [0.25, 0.3) is 0 Å². The van der Waals surface area contributed by atoms with Gasteiger partial charge in [0.2, 0.25) is 0 Å². The molecule has 2 aromatic rings. The number of hydrogen-bond acceptors (Lipinski definition) is 4. The van der Waals surface area contributed by atoms with Crippen molar-refractivity contribution in [2.24, 2.45) is 0 Å². The van der Waals surface area contributed by atoms with Crippen molar-refractivity contribution in [2.45, 2.75) is 20.8 Å². The third-order valence-corrected chi connectivity index (χ3v) is 2.51. The molecular weight excluding hydrogens is 316 g/mol. The van der Waals surface area contributed by atoms with Crippen LogP contribution in [0.5, 0.6) is 17.2 Å². The van der Waals surface area contributed by atoms with Crippen LogP contribution in [0.3, 0.4) is 0 Å². The van der Waals surface area contributed by atoms with Crippen molar-refractivity contribution in [3.63, 3.8) is 0 Å². The Balaban J connectivity index is 0. The first-order valence-corrected chi connectivity index (χ1v) is 7.19. The van der Waals surface area contributed by atoms with Gasteiger partial charge in [0, 0.05) is 13.2 Å². The average Bonchev–Trinajstić information content (AvgIpc) is 2.53. The van der Waals surface area contributed by atoms with Crippen molar-refractivity contribution in [3.05, 3.63) is 54.1 Å². The third-order valence-electron chi connectivity index (χ3n) is 2.51. The van der Waals surface area contributed by atoms with E-state index in [1.165, 1.54) is 5.56 Å². The van der Waals surface area contributed by atoms with Crippen molar-refractivity contribution >= 4 is 12.4 Å². The molecule has 0 aliphatic heterocycles. The minimum atomic E-state index is 0. The summed E-state index contributed by atoms with van der Waals surface area (Å²) in [7, 11) is 1.59. The van der Waals surface area contributed by atoms with E-state index in [4.69, 9.17) is 19.7 Å². The van der Waals surface area contributed by atoms with Crippen LogP contribution in [0.25, 0.3) is 0 Å². The van der Waals surface area contributed by atoms with Gasteiger partial charge in [-0.05, 0) is 57.2 Å². The van der Waals surface area contributed by atoms with Crippen LogP contribution < -0.4 is 4.74 Å². The fourth-order valence-corrected chi connectivity index (χ4v) is 1.33. The predicted octanol–water partition coefficient (Wildman–Crippen LogP) is 4.57. The number of aryl methyl sites for hydroxylation is 1. The fourth-order valence-electron chi connectivity index (χ4n) is 1.33. The monoisotopic (exact) mass is 342 g/mol. The smallest absolute Gasteiger partial charge is 0.119 e. The molecule has 130 valence electrons. The molecule has 5 heteroatoms. The van der Waals surface area contributed by atoms with E-state index in [-0.39, 0.29) is 18.2 Å². The first kappa shape index (κ1) is 23.4. The third kappa shape index (κ3) is 13.5. The summed E-state index contributed by atoms with van der Waals surface area (Å²) in [4.78, 5) is 0. The van der Waals surface area contributed by atoms with Gasteiger partial charge < -0.3 is 19.7 Å². The zero-order chi connectivity index (χ0) is 16.8. The molecule has 0 saturated carbocycles.